The van der Waals surface area contributed by atoms with Gasteiger partial charge in [0, 0.05) is 35.5 Å². The van der Waals surface area contributed by atoms with E-state index in [0.717, 1.165) is 41.0 Å². The molecule has 4 aromatic rings. The van der Waals surface area contributed by atoms with E-state index < -0.39 is 6.23 Å². The van der Waals surface area contributed by atoms with Crippen LogP contribution in [0.5, 0.6) is 5.75 Å². The second-order valence-electron chi connectivity index (χ2n) is 7.87. The Hall–Kier alpha value is -2.91. The summed E-state index contributed by atoms with van der Waals surface area (Å²) in [7, 11) is 0. The molecule has 1 saturated heterocycles. The van der Waals surface area contributed by atoms with Gasteiger partial charge in [-0.25, -0.2) is 4.98 Å². The third-order valence-electron chi connectivity index (χ3n) is 5.58. The van der Waals surface area contributed by atoms with Crippen molar-refractivity contribution in [3.63, 3.8) is 0 Å². The van der Waals surface area contributed by atoms with Crippen LogP contribution in [0.25, 0.3) is 22.2 Å². The van der Waals surface area contributed by atoms with E-state index in [4.69, 9.17) is 38.4 Å². The summed E-state index contributed by atoms with van der Waals surface area (Å²) in [4.78, 5) is 8.67. The van der Waals surface area contributed by atoms with Gasteiger partial charge in [0.15, 0.2) is 6.23 Å². The summed E-state index contributed by atoms with van der Waals surface area (Å²) < 4.78 is 11.4. The summed E-state index contributed by atoms with van der Waals surface area (Å²) in [5.74, 6) is 1.37. The van der Waals surface area contributed by atoms with Crippen LogP contribution in [0.15, 0.2) is 42.7 Å². The molecule has 0 aliphatic carbocycles. The van der Waals surface area contributed by atoms with E-state index in [-0.39, 0.29) is 0 Å². The highest BCUT2D eigenvalue weighted by atomic mass is 35.5. The maximum Gasteiger partial charge on any atom is 0.177 e. The predicted octanol–water partition coefficient (Wildman–Crippen LogP) is 4.87. The molecular weight excluding hydrogens is 463 g/mol. The lowest BCUT2D eigenvalue weighted by Crippen LogP contribution is -2.19. The van der Waals surface area contributed by atoms with E-state index in [1.165, 1.54) is 6.20 Å². The monoisotopic (exact) mass is 484 g/mol. The van der Waals surface area contributed by atoms with Gasteiger partial charge in [0.1, 0.15) is 17.3 Å². The first-order valence-corrected chi connectivity index (χ1v) is 11.3. The Morgan fingerprint density at radius 2 is 2.09 bits per heavy atom. The molecule has 0 radical (unpaired) electrons. The standard InChI is InChI=1S/C23H22Cl2N6O2/c1-12-21(25)20(17(24)10-27-12)23(26)33-15-3-4-18-16(8-15)22(31-30-18)13-2-5-19(28-9-13)29-14-6-7-32-11-14/h2-5,8-10,14,23H,6-7,11,26H2,1H3,(H,28,29)(H,30,31)/t14-,23-/m0/s1. The number of H-pyrrole nitrogens is 1. The Kier molecular flexibility index (Phi) is 6.07. The van der Waals surface area contributed by atoms with Gasteiger partial charge in [0.05, 0.1) is 33.9 Å². The first kappa shape index (κ1) is 21.9. The summed E-state index contributed by atoms with van der Waals surface area (Å²) in [6.07, 6.45) is 3.44. The number of aryl methyl sites for hydroxylation is 1. The molecule has 1 aliphatic heterocycles. The van der Waals surface area contributed by atoms with Crippen molar-refractivity contribution in [1.82, 2.24) is 20.2 Å². The SMILES string of the molecule is Cc1ncc(Cl)c([C@@H](N)Oc2ccc3[nH]nc(-c4ccc(N[C@H]5CCOC5)nc4)c3c2)c1Cl. The number of ether oxygens (including phenoxy) is 2. The Morgan fingerprint density at radius 1 is 1.21 bits per heavy atom. The minimum absolute atomic E-state index is 0.296. The minimum Gasteiger partial charge on any atom is -0.471 e. The normalized spacial score (nSPS) is 16.8. The van der Waals surface area contributed by atoms with Gasteiger partial charge in [0.2, 0.25) is 0 Å². The van der Waals surface area contributed by atoms with Crippen molar-refractivity contribution in [2.75, 3.05) is 18.5 Å². The van der Waals surface area contributed by atoms with Crippen LogP contribution in [0.4, 0.5) is 5.82 Å². The molecular formula is C23H22Cl2N6O2. The zero-order valence-electron chi connectivity index (χ0n) is 17.8. The molecule has 10 heteroatoms. The molecule has 8 nitrogen and oxygen atoms in total. The maximum absolute atomic E-state index is 6.37. The number of halogens is 2. The molecule has 5 rings (SSSR count). The molecule has 170 valence electrons. The van der Waals surface area contributed by atoms with Crippen molar-refractivity contribution in [2.45, 2.75) is 25.6 Å². The van der Waals surface area contributed by atoms with Gasteiger partial charge in [-0.15, -0.1) is 0 Å². The quantitative estimate of drug-likeness (QED) is 0.334. The topological polar surface area (TPSA) is 111 Å². The number of aromatic nitrogens is 4. The van der Waals surface area contributed by atoms with Crippen LogP contribution in [-0.2, 0) is 4.74 Å². The van der Waals surface area contributed by atoms with Crippen LogP contribution < -0.4 is 15.8 Å². The van der Waals surface area contributed by atoms with Gasteiger partial charge < -0.3 is 14.8 Å². The highest BCUT2D eigenvalue weighted by Crippen LogP contribution is 2.34. The first-order chi connectivity index (χ1) is 16.0. The molecule has 33 heavy (non-hydrogen) atoms. The number of hydrogen-bond donors (Lipinski definition) is 3. The van der Waals surface area contributed by atoms with Gasteiger partial charge in [0.25, 0.3) is 0 Å². The largest absolute Gasteiger partial charge is 0.471 e. The third kappa shape index (κ3) is 4.47. The number of pyridine rings is 2. The van der Waals surface area contributed by atoms with E-state index in [1.54, 1.807) is 13.1 Å². The molecule has 0 spiro atoms. The minimum atomic E-state index is -0.855. The summed E-state index contributed by atoms with van der Waals surface area (Å²) in [5, 5.41) is 12.5. The number of nitrogens with zero attached hydrogens (tertiary/aromatic N) is 3. The van der Waals surface area contributed by atoms with Crippen molar-refractivity contribution < 1.29 is 9.47 Å². The molecule has 1 aliphatic rings. The number of hydrogen-bond acceptors (Lipinski definition) is 7. The molecule has 3 aromatic heterocycles. The van der Waals surface area contributed by atoms with Crippen molar-refractivity contribution in [3.8, 4) is 17.0 Å². The van der Waals surface area contributed by atoms with Crippen LogP contribution in [0.1, 0.15) is 23.9 Å². The lowest BCUT2D eigenvalue weighted by molar-refractivity contribution is 0.195. The number of nitrogens with two attached hydrogens (primary N) is 1. The molecule has 1 aromatic carbocycles. The molecule has 0 amide bonds. The van der Waals surface area contributed by atoms with Crippen LogP contribution in [0, 0.1) is 6.92 Å². The van der Waals surface area contributed by atoms with Crippen molar-refractivity contribution in [3.05, 3.63) is 64.0 Å². The summed E-state index contributed by atoms with van der Waals surface area (Å²) >= 11 is 12.6. The molecule has 0 unspecified atom stereocenters. The highest BCUT2D eigenvalue weighted by molar-refractivity contribution is 6.36. The van der Waals surface area contributed by atoms with Gasteiger partial charge in [-0.3, -0.25) is 15.8 Å². The van der Waals surface area contributed by atoms with E-state index in [0.29, 0.717) is 39.7 Å². The predicted molar refractivity (Wildman–Crippen MR) is 129 cm³/mol. The van der Waals surface area contributed by atoms with E-state index in [9.17, 15) is 0 Å². The Morgan fingerprint density at radius 3 is 2.85 bits per heavy atom. The van der Waals surface area contributed by atoms with E-state index >= 15 is 0 Å². The fourth-order valence-electron chi connectivity index (χ4n) is 3.81. The number of fused-ring (bicyclic) bond motifs is 1. The van der Waals surface area contributed by atoms with Gasteiger partial charge in [-0.2, -0.15) is 5.10 Å². The average Bonchev–Trinajstić information content (AvgIpc) is 3.47. The second kappa shape index (κ2) is 9.15. The fourth-order valence-corrected chi connectivity index (χ4v) is 4.37. The van der Waals surface area contributed by atoms with Gasteiger partial charge >= 0.3 is 0 Å². The third-order valence-corrected chi connectivity index (χ3v) is 6.36. The second-order valence-corrected chi connectivity index (χ2v) is 8.66. The molecule has 4 N–H and O–H groups in total. The summed E-state index contributed by atoms with van der Waals surface area (Å²) in [6, 6.07) is 9.81. The highest BCUT2D eigenvalue weighted by Gasteiger charge is 2.20. The first-order valence-electron chi connectivity index (χ1n) is 10.5. The Bertz CT molecular complexity index is 1290. The van der Waals surface area contributed by atoms with Crippen LogP contribution in [0.3, 0.4) is 0 Å². The lowest BCUT2D eigenvalue weighted by atomic mass is 10.1. The van der Waals surface area contributed by atoms with Crippen molar-refractivity contribution in [2.24, 2.45) is 5.73 Å². The smallest absolute Gasteiger partial charge is 0.177 e. The summed E-state index contributed by atoms with van der Waals surface area (Å²) in [6.45, 7) is 3.27. The van der Waals surface area contributed by atoms with Crippen molar-refractivity contribution in [1.29, 1.82) is 0 Å². The molecule has 2 atom stereocenters. The zero-order chi connectivity index (χ0) is 22.9. The van der Waals surface area contributed by atoms with E-state index in [2.05, 4.69) is 25.5 Å². The van der Waals surface area contributed by atoms with Gasteiger partial charge in [-0.1, -0.05) is 23.2 Å². The Balaban J connectivity index is 1.39. The number of aromatic amines is 1. The zero-order valence-corrected chi connectivity index (χ0v) is 19.3. The maximum atomic E-state index is 6.37. The molecule has 0 bridgehead atoms. The average molecular weight is 485 g/mol. The molecule has 0 saturated carbocycles. The number of anilines is 1. The Labute approximate surface area is 200 Å². The lowest BCUT2D eigenvalue weighted by Gasteiger charge is -2.18. The number of nitrogens with one attached hydrogen (secondary N) is 2. The van der Waals surface area contributed by atoms with Gasteiger partial charge in [-0.05, 0) is 43.7 Å². The number of benzene rings is 1. The van der Waals surface area contributed by atoms with Crippen LogP contribution in [0.2, 0.25) is 10.0 Å². The summed E-state index contributed by atoms with van der Waals surface area (Å²) in [5.41, 5.74) is 9.93. The number of rotatable bonds is 6. The van der Waals surface area contributed by atoms with Crippen LogP contribution >= 0.6 is 23.2 Å². The molecule has 1 fully saturated rings. The van der Waals surface area contributed by atoms with E-state index in [1.807, 2.05) is 30.3 Å². The molecule has 4 heterocycles. The van der Waals surface area contributed by atoms with Crippen molar-refractivity contribution >= 4 is 39.9 Å². The fraction of sp³-hybridized carbons (Fsp3) is 0.261. The van der Waals surface area contributed by atoms with Crippen LogP contribution in [-0.4, -0.2) is 39.4 Å².